The van der Waals surface area contributed by atoms with Crippen molar-refractivity contribution in [2.75, 3.05) is 0 Å². The van der Waals surface area contributed by atoms with E-state index in [-0.39, 0.29) is 12.8 Å². The minimum Gasteiger partial charge on any atom is -0.200 e. The SMILES string of the molecule is CCCCCCCCCCCCC(F)(F)C(F)(F)C(F)(F)C(F)(F)C(F)(F)C(F)(F)C(F)(F)C(F)(F)CCC. The van der Waals surface area contributed by atoms with Crippen molar-refractivity contribution in [1.29, 1.82) is 0 Å². The van der Waals surface area contributed by atoms with Gasteiger partial charge in [-0.2, -0.15) is 70.2 Å². The molecule has 0 fully saturated rings. The molecule has 16 heteroatoms. The van der Waals surface area contributed by atoms with Gasteiger partial charge in [0, 0.05) is 12.8 Å². The van der Waals surface area contributed by atoms with Crippen LogP contribution in [-0.2, 0) is 0 Å². The van der Waals surface area contributed by atoms with Gasteiger partial charge in [0.25, 0.3) is 0 Å². The van der Waals surface area contributed by atoms with Crippen LogP contribution in [0.15, 0.2) is 0 Å². The molecule has 0 bridgehead atoms. The highest BCUT2D eigenvalue weighted by Gasteiger charge is 2.94. The van der Waals surface area contributed by atoms with Crippen LogP contribution in [0.1, 0.15) is 97.3 Å². The molecule has 0 N–H and O–H groups in total. The van der Waals surface area contributed by atoms with Gasteiger partial charge in [0.2, 0.25) is 0 Å². The van der Waals surface area contributed by atoms with Gasteiger partial charge in [-0.15, -0.1) is 0 Å². The fourth-order valence-electron chi connectivity index (χ4n) is 3.71. The van der Waals surface area contributed by atoms with Crippen molar-refractivity contribution in [3.63, 3.8) is 0 Å². The Morgan fingerprint density at radius 3 is 0.846 bits per heavy atom. The van der Waals surface area contributed by atoms with Crippen LogP contribution in [0, 0.1) is 0 Å². The van der Waals surface area contributed by atoms with Crippen molar-refractivity contribution in [3.8, 4) is 0 Å². The molecule has 0 atom stereocenters. The average molecular weight is 612 g/mol. The minimum atomic E-state index is -8.33. The summed E-state index contributed by atoms with van der Waals surface area (Å²) in [7, 11) is 0. The van der Waals surface area contributed by atoms with Crippen molar-refractivity contribution < 1.29 is 70.2 Å². The van der Waals surface area contributed by atoms with E-state index < -0.39 is 73.1 Å². The second kappa shape index (κ2) is 13.2. The van der Waals surface area contributed by atoms with Crippen LogP contribution in [0.25, 0.3) is 0 Å². The van der Waals surface area contributed by atoms with E-state index in [1.165, 1.54) is 0 Å². The quantitative estimate of drug-likeness (QED) is 0.0948. The molecule has 0 saturated heterocycles. The zero-order valence-corrected chi connectivity index (χ0v) is 21.2. The van der Waals surface area contributed by atoms with E-state index in [4.69, 9.17) is 0 Å². The van der Waals surface area contributed by atoms with E-state index >= 15 is 0 Å². The molecule has 0 rings (SSSR count). The molecule has 0 aromatic carbocycles. The lowest BCUT2D eigenvalue weighted by Gasteiger charge is -2.43. The summed E-state index contributed by atoms with van der Waals surface area (Å²) >= 11 is 0. The van der Waals surface area contributed by atoms with Gasteiger partial charge in [-0.1, -0.05) is 78.1 Å². The molecule has 0 heterocycles. The molecular formula is C23H32F16. The Hall–Kier alpha value is -1.12. The van der Waals surface area contributed by atoms with Crippen LogP contribution >= 0.6 is 0 Å². The molecule has 0 radical (unpaired) electrons. The summed E-state index contributed by atoms with van der Waals surface area (Å²) < 4.78 is 220. The molecule has 0 unspecified atom stereocenters. The number of unbranched alkanes of at least 4 members (excludes halogenated alkanes) is 9. The Balaban J connectivity index is 5.71. The van der Waals surface area contributed by atoms with Crippen LogP contribution in [0.3, 0.4) is 0 Å². The average Bonchev–Trinajstić information content (AvgIpc) is 2.79. The third-order valence-corrected chi connectivity index (χ3v) is 6.30. The lowest BCUT2D eigenvalue weighted by Crippen LogP contribution is -2.74. The largest absolute Gasteiger partial charge is 0.384 e. The van der Waals surface area contributed by atoms with E-state index in [0.29, 0.717) is 19.8 Å². The molecule has 0 saturated carbocycles. The van der Waals surface area contributed by atoms with Crippen LogP contribution in [0.2, 0.25) is 0 Å². The van der Waals surface area contributed by atoms with Gasteiger partial charge < -0.3 is 0 Å². The van der Waals surface area contributed by atoms with Crippen molar-refractivity contribution in [1.82, 2.24) is 0 Å². The number of rotatable bonds is 20. The van der Waals surface area contributed by atoms with Gasteiger partial charge in [-0.3, -0.25) is 0 Å². The molecule has 0 aliphatic heterocycles. The number of hydrogen-bond acceptors (Lipinski definition) is 0. The van der Waals surface area contributed by atoms with Crippen LogP contribution in [0.4, 0.5) is 70.2 Å². The molecule has 39 heavy (non-hydrogen) atoms. The maximum absolute atomic E-state index is 13.9. The molecule has 0 nitrogen and oxygen atoms in total. The van der Waals surface area contributed by atoms with Crippen LogP contribution in [-0.4, -0.2) is 47.4 Å². The first kappa shape index (κ1) is 37.9. The fourth-order valence-corrected chi connectivity index (χ4v) is 3.71. The summed E-state index contributed by atoms with van der Waals surface area (Å²) in [5.41, 5.74) is 0. The van der Waals surface area contributed by atoms with Crippen LogP contribution in [0.5, 0.6) is 0 Å². The van der Waals surface area contributed by atoms with Gasteiger partial charge in [-0.25, -0.2) is 0 Å². The number of halogens is 16. The lowest BCUT2D eigenvalue weighted by atomic mass is 9.86. The van der Waals surface area contributed by atoms with E-state index in [2.05, 4.69) is 0 Å². The predicted octanol–water partition coefficient (Wildman–Crippen LogP) is 11.2. The first-order valence-electron chi connectivity index (χ1n) is 12.4. The highest BCUT2D eigenvalue weighted by Crippen LogP contribution is 2.64. The van der Waals surface area contributed by atoms with E-state index in [1.54, 1.807) is 0 Å². The van der Waals surface area contributed by atoms with E-state index in [0.717, 1.165) is 32.1 Å². The normalized spacial score (nSPS) is 15.2. The summed E-state index contributed by atoms with van der Waals surface area (Å²) in [6, 6.07) is 0. The topological polar surface area (TPSA) is 0 Å². The molecule has 236 valence electrons. The Labute approximate surface area is 215 Å². The Bertz CT molecular complexity index is 730. The summed E-state index contributed by atoms with van der Waals surface area (Å²) in [4.78, 5) is 0. The minimum absolute atomic E-state index is 0.132. The fraction of sp³-hybridized carbons (Fsp3) is 1.00. The van der Waals surface area contributed by atoms with E-state index in [9.17, 15) is 70.2 Å². The molecule has 0 amide bonds. The lowest BCUT2D eigenvalue weighted by molar-refractivity contribution is -0.453. The summed E-state index contributed by atoms with van der Waals surface area (Å²) in [5.74, 6) is -60.1. The maximum Gasteiger partial charge on any atom is 0.384 e. The van der Waals surface area contributed by atoms with Gasteiger partial charge in [-0.05, 0) is 6.42 Å². The first-order valence-corrected chi connectivity index (χ1v) is 12.4. The third kappa shape index (κ3) is 7.21. The second-order valence-electron chi connectivity index (χ2n) is 9.54. The van der Waals surface area contributed by atoms with Gasteiger partial charge >= 0.3 is 47.4 Å². The molecule has 0 aromatic rings. The standard InChI is InChI=1S/C23H32F16/c1-3-5-6-7-8-9-10-11-12-13-15-17(26,27)19(30,31)21(34,35)23(38,39)22(36,37)20(32,33)18(28,29)16(24,25)14-4-2/h3-15H2,1-2H3. The van der Waals surface area contributed by atoms with Crippen LogP contribution < -0.4 is 0 Å². The summed E-state index contributed by atoms with van der Waals surface area (Å²) in [5, 5.41) is 0. The van der Waals surface area contributed by atoms with Gasteiger partial charge in [0.05, 0.1) is 0 Å². The van der Waals surface area contributed by atoms with Crippen molar-refractivity contribution >= 4 is 0 Å². The van der Waals surface area contributed by atoms with Crippen molar-refractivity contribution in [2.45, 2.75) is 145 Å². The monoisotopic (exact) mass is 612 g/mol. The summed E-state index contributed by atoms with van der Waals surface area (Å²) in [6.45, 7) is 2.63. The highest BCUT2D eigenvalue weighted by atomic mass is 19.4. The van der Waals surface area contributed by atoms with Gasteiger partial charge in [0.1, 0.15) is 0 Å². The first-order chi connectivity index (χ1) is 17.4. The molecule has 0 aromatic heterocycles. The zero-order chi connectivity index (χ0) is 31.2. The molecular weight excluding hydrogens is 580 g/mol. The third-order valence-electron chi connectivity index (χ3n) is 6.30. The number of alkyl halides is 16. The van der Waals surface area contributed by atoms with E-state index in [1.807, 2.05) is 6.92 Å². The molecule has 0 aliphatic rings. The second-order valence-corrected chi connectivity index (χ2v) is 9.54. The van der Waals surface area contributed by atoms with Crippen molar-refractivity contribution in [2.24, 2.45) is 0 Å². The number of hydrogen-bond donors (Lipinski definition) is 0. The Kier molecular flexibility index (Phi) is 12.9. The predicted molar refractivity (Wildman–Crippen MR) is 111 cm³/mol. The highest BCUT2D eigenvalue weighted by molar-refractivity contribution is 5.15. The summed E-state index contributed by atoms with van der Waals surface area (Å²) in [6.07, 6.45) is -1.28. The van der Waals surface area contributed by atoms with Crippen molar-refractivity contribution in [3.05, 3.63) is 0 Å². The zero-order valence-electron chi connectivity index (χ0n) is 21.2. The Morgan fingerprint density at radius 2 is 0.538 bits per heavy atom. The molecule has 0 aliphatic carbocycles. The van der Waals surface area contributed by atoms with Gasteiger partial charge in [0.15, 0.2) is 0 Å². The molecule has 0 spiro atoms. The Morgan fingerprint density at radius 1 is 0.282 bits per heavy atom. The maximum atomic E-state index is 13.9. The smallest absolute Gasteiger partial charge is 0.200 e.